The summed E-state index contributed by atoms with van der Waals surface area (Å²) in [7, 11) is 1.28. The fourth-order valence-corrected chi connectivity index (χ4v) is 3.71. The van der Waals surface area contributed by atoms with E-state index in [9.17, 15) is 19.5 Å². The average molecular weight is 388 g/mol. The Bertz CT molecular complexity index is 830. The molecule has 1 aliphatic carbocycles. The summed E-state index contributed by atoms with van der Waals surface area (Å²) in [4.78, 5) is 36.4. The van der Waals surface area contributed by atoms with Crippen molar-refractivity contribution in [3.05, 3.63) is 52.2 Å². The third-order valence-corrected chi connectivity index (χ3v) is 5.53. The molecule has 2 aromatic rings. The van der Waals surface area contributed by atoms with Gasteiger partial charge in [0.2, 0.25) is 0 Å². The van der Waals surface area contributed by atoms with Crippen molar-refractivity contribution in [3.8, 4) is 0 Å². The molecule has 7 nitrogen and oxygen atoms in total. The van der Waals surface area contributed by atoms with Gasteiger partial charge in [-0.1, -0.05) is 6.07 Å². The van der Waals surface area contributed by atoms with Gasteiger partial charge in [0.25, 0.3) is 0 Å². The maximum Gasteiger partial charge on any atom is 0.337 e. The van der Waals surface area contributed by atoms with Crippen molar-refractivity contribution in [1.29, 1.82) is 0 Å². The largest absolute Gasteiger partial charge is 0.465 e. The zero-order valence-electron chi connectivity index (χ0n) is 14.7. The molecule has 142 valence electrons. The number of methoxy groups -OCH3 is 1. The fraction of sp³-hybridized carbons (Fsp3) is 0.316. The smallest absolute Gasteiger partial charge is 0.337 e. The van der Waals surface area contributed by atoms with Crippen LogP contribution in [0.15, 0.2) is 41.8 Å². The van der Waals surface area contributed by atoms with Crippen LogP contribution in [-0.4, -0.2) is 36.5 Å². The lowest BCUT2D eigenvalue weighted by Gasteiger charge is -2.27. The van der Waals surface area contributed by atoms with Crippen molar-refractivity contribution >= 4 is 34.8 Å². The molecule has 1 saturated carbocycles. The molecule has 0 saturated heterocycles. The number of thiophene rings is 1. The van der Waals surface area contributed by atoms with Gasteiger partial charge in [0.1, 0.15) is 5.60 Å². The van der Waals surface area contributed by atoms with Gasteiger partial charge < -0.3 is 20.5 Å². The van der Waals surface area contributed by atoms with Gasteiger partial charge in [-0.15, -0.1) is 11.3 Å². The number of aliphatic hydroxyl groups is 1. The number of benzene rings is 1. The molecule has 0 aliphatic heterocycles. The highest BCUT2D eigenvalue weighted by molar-refractivity contribution is 7.10. The molecule has 1 heterocycles. The number of rotatable bonds is 6. The van der Waals surface area contributed by atoms with E-state index in [-0.39, 0.29) is 12.5 Å². The molecule has 2 amide bonds. The van der Waals surface area contributed by atoms with E-state index in [4.69, 9.17) is 0 Å². The van der Waals surface area contributed by atoms with Crippen LogP contribution >= 0.6 is 11.3 Å². The molecule has 1 atom stereocenters. The summed E-state index contributed by atoms with van der Waals surface area (Å²) in [6.45, 7) is -0.0221. The first kappa shape index (κ1) is 19.1. The summed E-state index contributed by atoms with van der Waals surface area (Å²) in [5.41, 5.74) is -0.435. The van der Waals surface area contributed by atoms with Crippen LogP contribution in [0.5, 0.6) is 0 Å². The maximum absolute atomic E-state index is 12.1. The number of anilines is 1. The van der Waals surface area contributed by atoms with Crippen molar-refractivity contribution in [2.45, 2.75) is 18.4 Å². The van der Waals surface area contributed by atoms with E-state index in [1.165, 1.54) is 42.7 Å². The standard InChI is InChI=1S/C19H20N2O5S/c1-26-18(24)12-4-8-14(9-5-12)21-17(23)16(22)20-11-19(25,13-6-7-13)15-3-2-10-27-15/h2-5,8-10,13,25H,6-7,11H2,1H3,(H,20,22)(H,21,23)/t19-/m0/s1. The molecule has 1 aromatic heterocycles. The van der Waals surface area contributed by atoms with Gasteiger partial charge in [-0.2, -0.15) is 0 Å². The Kier molecular flexibility index (Phi) is 5.57. The van der Waals surface area contributed by atoms with Gasteiger partial charge in [0, 0.05) is 10.6 Å². The minimum Gasteiger partial charge on any atom is -0.465 e. The normalized spacial score (nSPS) is 15.5. The van der Waals surface area contributed by atoms with Crippen LogP contribution in [-0.2, 0) is 19.9 Å². The number of hydrogen-bond acceptors (Lipinski definition) is 6. The number of esters is 1. The Morgan fingerprint density at radius 1 is 1.19 bits per heavy atom. The summed E-state index contributed by atoms with van der Waals surface area (Å²) in [6.07, 6.45) is 1.78. The highest BCUT2D eigenvalue weighted by atomic mass is 32.1. The summed E-state index contributed by atoms with van der Waals surface area (Å²) in [6, 6.07) is 9.66. The van der Waals surface area contributed by atoms with Gasteiger partial charge in [-0.05, 0) is 54.5 Å². The molecule has 8 heteroatoms. The minimum absolute atomic E-state index is 0.0221. The highest BCUT2D eigenvalue weighted by Gasteiger charge is 2.46. The Labute approximate surface area is 160 Å². The third-order valence-electron chi connectivity index (χ3n) is 4.49. The lowest BCUT2D eigenvalue weighted by Crippen LogP contribution is -2.45. The first-order chi connectivity index (χ1) is 12.9. The van der Waals surface area contributed by atoms with E-state index >= 15 is 0 Å². The van der Waals surface area contributed by atoms with Crippen LogP contribution in [0.3, 0.4) is 0 Å². The minimum atomic E-state index is -1.15. The second kappa shape index (κ2) is 7.89. The molecule has 1 aliphatic rings. The molecule has 0 radical (unpaired) electrons. The maximum atomic E-state index is 12.1. The SMILES string of the molecule is COC(=O)c1ccc(NC(=O)C(=O)NC[C@@](O)(c2cccs2)C2CC2)cc1. The highest BCUT2D eigenvalue weighted by Crippen LogP contribution is 2.46. The number of nitrogens with one attached hydrogen (secondary N) is 2. The predicted octanol–water partition coefficient (Wildman–Crippen LogP) is 1.89. The number of hydrogen-bond donors (Lipinski definition) is 3. The van der Waals surface area contributed by atoms with E-state index < -0.39 is 23.4 Å². The van der Waals surface area contributed by atoms with Gasteiger partial charge >= 0.3 is 17.8 Å². The molecule has 0 unspecified atom stereocenters. The van der Waals surface area contributed by atoms with Gasteiger partial charge in [-0.3, -0.25) is 9.59 Å². The Morgan fingerprint density at radius 3 is 2.44 bits per heavy atom. The van der Waals surface area contributed by atoms with Gasteiger partial charge in [0.15, 0.2) is 0 Å². The van der Waals surface area contributed by atoms with Crippen LogP contribution in [0.2, 0.25) is 0 Å². The molecule has 0 bridgehead atoms. The number of ether oxygens (including phenoxy) is 1. The van der Waals surface area contributed by atoms with Crippen LogP contribution in [0.25, 0.3) is 0 Å². The third kappa shape index (κ3) is 4.35. The Balaban J connectivity index is 1.57. The molecular weight excluding hydrogens is 368 g/mol. The number of carbonyl (C=O) groups is 3. The topological polar surface area (TPSA) is 105 Å². The van der Waals surface area contributed by atoms with Crippen molar-refractivity contribution in [3.63, 3.8) is 0 Å². The van der Waals surface area contributed by atoms with Crippen LogP contribution < -0.4 is 10.6 Å². The number of carbonyl (C=O) groups excluding carboxylic acids is 3. The van der Waals surface area contributed by atoms with Gasteiger partial charge in [0.05, 0.1) is 19.2 Å². The van der Waals surface area contributed by atoms with Crippen LogP contribution in [0.1, 0.15) is 28.1 Å². The first-order valence-corrected chi connectivity index (χ1v) is 9.36. The Hall–Kier alpha value is -2.71. The lowest BCUT2D eigenvalue weighted by atomic mass is 9.95. The molecule has 0 spiro atoms. The summed E-state index contributed by atoms with van der Waals surface area (Å²) in [5, 5.41) is 17.8. The van der Waals surface area contributed by atoms with E-state index in [1.807, 2.05) is 17.5 Å². The van der Waals surface area contributed by atoms with E-state index in [1.54, 1.807) is 0 Å². The lowest BCUT2D eigenvalue weighted by molar-refractivity contribution is -0.137. The first-order valence-electron chi connectivity index (χ1n) is 8.48. The van der Waals surface area contributed by atoms with E-state index in [2.05, 4.69) is 15.4 Å². The summed E-state index contributed by atoms with van der Waals surface area (Å²) < 4.78 is 4.60. The van der Waals surface area contributed by atoms with Crippen LogP contribution in [0.4, 0.5) is 5.69 Å². The molecule has 3 N–H and O–H groups in total. The molecule has 1 aromatic carbocycles. The predicted molar refractivity (Wildman–Crippen MR) is 100 cm³/mol. The zero-order valence-corrected chi connectivity index (χ0v) is 15.5. The second-order valence-corrected chi connectivity index (χ2v) is 7.33. The number of amides is 2. The van der Waals surface area contributed by atoms with Crippen LogP contribution in [0, 0.1) is 5.92 Å². The summed E-state index contributed by atoms with van der Waals surface area (Å²) in [5.74, 6) is -2.07. The van der Waals surface area contributed by atoms with Crippen molar-refractivity contribution in [1.82, 2.24) is 5.32 Å². The van der Waals surface area contributed by atoms with E-state index in [0.29, 0.717) is 11.3 Å². The molecule has 27 heavy (non-hydrogen) atoms. The van der Waals surface area contributed by atoms with Gasteiger partial charge in [-0.25, -0.2) is 4.79 Å². The molecule has 3 rings (SSSR count). The average Bonchev–Trinajstić information content (AvgIpc) is 3.40. The quantitative estimate of drug-likeness (QED) is 0.518. The van der Waals surface area contributed by atoms with Crippen molar-refractivity contribution < 1.29 is 24.2 Å². The molecular formula is C19H20N2O5S. The zero-order chi connectivity index (χ0) is 19.4. The second-order valence-electron chi connectivity index (χ2n) is 6.38. The van der Waals surface area contributed by atoms with Crippen molar-refractivity contribution in [2.24, 2.45) is 5.92 Å². The van der Waals surface area contributed by atoms with E-state index in [0.717, 1.165) is 17.7 Å². The Morgan fingerprint density at radius 2 is 1.89 bits per heavy atom. The summed E-state index contributed by atoms with van der Waals surface area (Å²) >= 11 is 1.43. The van der Waals surface area contributed by atoms with Crippen molar-refractivity contribution in [2.75, 3.05) is 19.0 Å². The fourth-order valence-electron chi connectivity index (χ4n) is 2.81. The molecule has 1 fully saturated rings. The monoisotopic (exact) mass is 388 g/mol.